The topological polar surface area (TPSA) is 103 Å². The van der Waals surface area contributed by atoms with Crippen molar-refractivity contribution < 1.29 is 13.3 Å². The minimum Gasteiger partial charge on any atom is -0.258 e. The number of hydrogen-bond acceptors (Lipinski definition) is 6. The van der Waals surface area contributed by atoms with Gasteiger partial charge in [0.1, 0.15) is 12.4 Å². The van der Waals surface area contributed by atoms with Crippen molar-refractivity contribution in [1.82, 2.24) is 9.97 Å². The fourth-order valence-electron chi connectivity index (χ4n) is 0.530. The van der Waals surface area contributed by atoms with Gasteiger partial charge in [0.25, 0.3) is 14.2 Å². The van der Waals surface area contributed by atoms with Crippen LogP contribution in [0.15, 0.2) is 17.6 Å². The molecule has 0 aliphatic heterocycles. The van der Waals surface area contributed by atoms with Crippen molar-refractivity contribution in [3.05, 3.63) is 22.5 Å². The molecular weight excluding hydrogens is 222 g/mol. The first-order valence-electron chi connectivity index (χ1n) is 2.82. The van der Waals surface area contributed by atoms with Crippen LogP contribution in [-0.2, 0) is 9.05 Å². The number of aromatic nitrogens is 2. The smallest absolute Gasteiger partial charge is 0.258 e. The van der Waals surface area contributed by atoms with Crippen molar-refractivity contribution in [1.29, 1.82) is 0 Å². The standard InChI is InChI=1S/C4H2ClN3O4S/c5-13(11,12)4-6-1-3(2-7-4)8(9)10/h1-2H. The lowest BCUT2D eigenvalue weighted by Crippen LogP contribution is -1.99. The molecule has 0 bridgehead atoms. The summed E-state index contributed by atoms with van der Waals surface area (Å²) in [5.41, 5.74) is -0.399. The zero-order valence-electron chi connectivity index (χ0n) is 5.92. The van der Waals surface area contributed by atoms with Crippen molar-refractivity contribution in [2.75, 3.05) is 0 Å². The molecule has 0 fully saturated rings. The fraction of sp³-hybridized carbons (Fsp3) is 0. The molecule has 1 aromatic rings. The molecule has 70 valence electrons. The Morgan fingerprint density at radius 1 is 1.38 bits per heavy atom. The van der Waals surface area contributed by atoms with E-state index in [0.717, 1.165) is 12.4 Å². The lowest BCUT2D eigenvalue weighted by Gasteiger charge is -1.92. The number of hydrogen-bond donors (Lipinski definition) is 0. The Kier molecular flexibility index (Phi) is 2.43. The minimum atomic E-state index is -4.02. The van der Waals surface area contributed by atoms with E-state index in [1.54, 1.807) is 0 Å². The Bertz CT molecular complexity index is 427. The van der Waals surface area contributed by atoms with Crippen molar-refractivity contribution in [3.63, 3.8) is 0 Å². The summed E-state index contributed by atoms with van der Waals surface area (Å²) in [5.74, 6) is 0. The number of nitrogens with zero attached hydrogens (tertiary/aromatic N) is 3. The Morgan fingerprint density at radius 3 is 2.15 bits per heavy atom. The van der Waals surface area contributed by atoms with Crippen LogP contribution in [0.25, 0.3) is 0 Å². The second kappa shape index (κ2) is 3.23. The van der Waals surface area contributed by atoms with Crippen molar-refractivity contribution in [2.24, 2.45) is 0 Å². The van der Waals surface area contributed by atoms with Crippen LogP contribution in [-0.4, -0.2) is 23.3 Å². The zero-order valence-corrected chi connectivity index (χ0v) is 7.49. The predicted molar refractivity (Wildman–Crippen MR) is 41.7 cm³/mol. The van der Waals surface area contributed by atoms with E-state index in [-0.39, 0.29) is 0 Å². The minimum absolute atomic E-state index is 0.399. The normalized spacial score (nSPS) is 11.2. The highest BCUT2D eigenvalue weighted by molar-refractivity contribution is 8.13. The van der Waals surface area contributed by atoms with Gasteiger partial charge in [0.15, 0.2) is 0 Å². The molecule has 7 nitrogen and oxygen atoms in total. The quantitative estimate of drug-likeness (QED) is 0.309. The van der Waals surface area contributed by atoms with Gasteiger partial charge in [-0.25, -0.2) is 18.4 Å². The van der Waals surface area contributed by atoms with Gasteiger partial charge in [-0.15, -0.1) is 0 Å². The fourth-order valence-corrected chi connectivity index (χ4v) is 1.13. The summed E-state index contributed by atoms with van der Waals surface area (Å²) in [6.45, 7) is 0. The molecule has 9 heteroatoms. The van der Waals surface area contributed by atoms with E-state index in [9.17, 15) is 18.5 Å². The highest BCUT2D eigenvalue weighted by atomic mass is 35.7. The van der Waals surface area contributed by atoms with Crippen LogP contribution in [0.1, 0.15) is 0 Å². The lowest BCUT2D eigenvalue weighted by molar-refractivity contribution is -0.385. The Morgan fingerprint density at radius 2 is 1.85 bits per heavy atom. The predicted octanol–water partition coefficient (Wildman–Crippen LogP) is 0.312. The monoisotopic (exact) mass is 223 g/mol. The molecule has 0 aliphatic rings. The van der Waals surface area contributed by atoms with E-state index < -0.39 is 24.8 Å². The number of rotatable bonds is 2. The maximum atomic E-state index is 10.6. The first-order valence-corrected chi connectivity index (χ1v) is 5.13. The summed E-state index contributed by atoms with van der Waals surface area (Å²) >= 11 is 0. The molecule has 13 heavy (non-hydrogen) atoms. The molecule has 1 rings (SSSR count). The van der Waals surface area contributed by atoms with Gasteiger partial charge in [-0.2, -0.15) is 0 Å². The van der Waals surface area contributed by atoms with Crippen molar-refractivity contribution in [3.8, 4) is 0 Å². The first kappa shape index (κ1) is 9.81. The van der Waals surface area contributed by atoms with E-state index in [4.69, 9.17) is 10.7 Å². The van der Waals surface area contributed by atoms with Gasteiger partial charge in [-0.3, -0.25) is 10.1 Å². The largest absolute Gasteiger partial charge is 0.305 e. The highest BCUT2D eigenvalue weighted by Gasteiger charge is 2.15. The van der Waals surface area contributed by atoms with Gasteiger partial charge in [-0.05, 0) is 0 Å². The SMILES string of the molecule is O=[N+]([O-])c1cnc(S(=O)(=O)Cl)nc1. The lowest BCUT2D eigenvalue weighted by atomic mass is 10.6. The summed E-state index contributed by atoms with van der Waals surface area (Å²) in [6.07, 6.45) is 1.53. The van der Waals surface area contributed by atoms with Gasteiger partial charge in [-0.1, -0.05) is 0 Å². The average molecular weight is 224 g/mol. The molecular formula is C4H2ClN3O4S. The van der Waals surface area contributed by atoms with E-state index in [0.29, 0.717) is 0 Å². The summed E-state index contributed by atoms with van der Waals surface area (Å²) in [5, 5.41) is 9.45. The number of halogens is 1. The molecule has 0 aromatic carbocycles. The molecule has 0 N–H and O–H groups in total. The van der Waals surface area contributed by atoms with E-state index in [2.05, 4.69) is 9.97 Å². The summed E-state index contributed by atoms with van der Waals surface area (Å²) in [6, 6.07) is 0. The molecule has 0 saturated carbocycles. The van der Waals surface area contributed by atoms with Gasteiger partial charge in [0.05, 0.1) is 4.92 Å². The maximum absolute atomic E-state index is 10.6. The molecule has 0 spiro atoms. The highest BCUT2D eigenvalue weighted by Crippen LogP contribution is 2.11. The van der Waals surface area contributed by atoms with Gasteiger partial charge in [0.2, 0.25) is 0 Å². The van der Waals surface area contributed by atoms with Gasteiger partial charge < -0.3 is 0 Å². The Labute approximate surface area is 77.0 Å². The molecule has 0 amide bonds. The summed E-state index contributed by atoms with van der Waals surface area (Å²) in [7, 11) is 0.850. The molecule has 0 aliphatic carbocycles. The summed E-state index contributed by atoms with van der Waals surface area (Å²) in [4.78, 5) is 15.8. The van der Waals surface area contributed by atoms with Crippen LogP contribution in [0.3, 0.4) is 0 Å². The third-order valence-corrected chi connectivity index (χ3v) is 2.10. The Balaban J connectivity index is 3.16. The van der Waals surface area contributed by atoms with Crippen molar-refractivity contribution in [2.45, 2.75) is 5.16 Å². The van der Waals surface area contributed by atoms with Crippen LogP contribution in [0.2, 0.25) is 0 Å². The molecule has 0 saturated heterocycles. The van der Waals surface area contributed by atoms with E-state index >= 15 is 0 Å². The molecule has 1 heterocycles. The molecule has 0 atom stereocenters. The summed E-state index contributed by atoms with van der Waals surface area (Å²) < 4.78 is 21.2. The van der Waals surface area contributed by atoms with Crippen molar-refractivity contribution >= 4 is 25.4 Å². The number of nitro groups is 1. The van der Waals surface area contributed by atoms with Crippen LogP contribution in [0.5, 0.6) is 0 Å². The van der Waals surface area contributed by atoms with E-state index in [1.807, 2.05) is 0 Å². The third kappa shape index (κ3) is 2.33. The van der Waals surface area contributed by atoms with Crippen LogP contribution in [0, 0.1) is 10.1 Å². The van der Waals surface area contributed by atoms with Crippen LogP contribution < -0.4 is 0 Å². The van der Waals surface area contributed by atoms with Crippen LogP contribution in [0.4, 0.5) is 5.69 Å². The zero-order chi connectivity index (χ0) is 10.1. The molecule has 0 unspecified atom stereocenters. The second-order valence-electron chi connectivity index (χ2n) is 1.92. The molecule has 0 radical (unpaired) electrons. The Hall–Kier alpha value is -1.28. The van der Waals surface area contributed by atoms with Crippen LogP contribution >= 0.6 is 10.7 Å². The van der Waals surface area contributed by atoms with Gasteiger partial charge in [0, 0.05) is 10.7 Å². The average Bonchev–Trinajstić information content (AvgIpc) is 2.03. The molecule has 1 aromatic heterocycles. The van der Waals surface area contributed by atoms with E-state index in [1.165, 1.54) is 0 Å². The third-order valence-electron chi connectivity index (χ3n) is 1.04. The van der Waals surface area contributed by atoms with Gasteiger partial charge >= 0.3 is 5.69 Å². The maximum Gasteiger partial charge on any atom is 0.305 e. The second-order valence-corrected chi connectivity index (χ2v) is 4.38. The first-order chi connectivity index (χ1) is 5.91.